The number of benzene rings is 1. The first-order valence-electron chi connectivity index (χ1n) is 11.0. The van der Waals surface area contributed by atoms with Crippen molar-refractivity contribution in [2.75, 3.05) is 41.4 Å². The monoisotopic (exact) mass is 479 g/mol. The van der Waals surface area contributed by atoms with Gasteiger partial charge in [-0.05, 0) is 42.8 Å². The molecule has 3 aromatic rings. The van der Waals surface area contributed by atoms with Crippen molar-refractivity contribution >= 4 is 38.9 Å². The molecule has 0 fully saturated rings. The van der Waals surface area contributed by atoms with E-state index in [0.717, 1.165) is 11.3 Å². The second-order valence-corrected chi connectivity index (χ2v) is 10.2. The van der Waals surface area contributed by atoms with E-state index < -0.39 is 10.0 Å². The maximum Gasteiger partial charge on any atom is 0.261 e. The van der Waals surface area contributed by atoms with Gasteiger partial charge in [-0.2, -0.15) is 0 Å². The number of hydrogen-bond donors (Lipinski definition) is 0. The first kappa shape index (κ1) is 22.1. The number of amides is 1. The van der Waals surface area contributed by atoms with Gasteiger partial charge in [0.15, 0.2) is 5.82 Å². The van der Waals surface area contributed by atoms with Gasteiger partial charge in [0, 0.05) is 45.0 Å². The molecule has 1 amide bonds. The number of ether oxygens (including phenoxy) is 1. The molecule has 9 nitrogen and oxygen atoms in total. The van der Waals surface area contributed by atoms with E-state index in [-0.39, 0.29) is 11.7 Å². The van der Waals surface area contributed by atoms with Crippen LogP contribution in [-0.4, -0.2) is 51.5 Å². The minimum Gasteiger partial charge on any atom is -0.493 e. The lowest BCUT2D eigenvalue weighted by molar-refractivity contribution is 0.0994. The summed E-state index contributed by atoms with van der Waals surface area (Å²) in [7, 11) is -0.0599. The van der Waals surface area contributed by atoms with Crippen molar-refractivity contribution in [1.29, 1.82) is 0 Å². The number of nitrogens with zero attached hydrogens (tertiary/aromatic N) is 5. The van der Waals surface area contributed by atoms with Crippen LogP contribution in [0.2, 0.25) is 0 Å². The Morgan fingerprint density at radius 1 is 1.06 bits per heavy atom. The Bertz CT molecular complexity index is 1390. The second kappa shape index (κ2) is 8.28. The SMILES string of the molecule is CCN1c2ncc(CCOc3cccc4c3CS(=O)(=O)N4C)cc2C(=O)N(C)c2cccnc21. The molecule has 2 aromatic heterocycles. The van der Waals surface area contributed by atoms with Crippen LogP contribution in [0.5, 0.6) is 5.75 Å². The highest BCUT2D eigenvalue weighted by Crippen LogP contribution is 2.39. The Morgan fingerprint density at radius 3 is 2.65 bits per heavy atom. The molecule has 2 aliphatic heterocycles. The fraction of sp³-hybridized carbons (Fsp3) is 0.292. The van der Waals surface area contributed by atoms with E-state index >= 15 is 0 Å². The van der Waals surface area contributed by atoms with E-state index in [0.29, 0.717) is 53.8 Å². The van der Waals surface area contributed by atoms with Gasteiger partial charge < -0.3 is 14.5 Å². The van der Waals surface area contributed by atoms with Crippen LogP contribution >= 0.6 is 0 Å². The van der Waals surface area contributed by atoms with Crippen molar-refractivity contribution in [3.8, 4) is 5.75 Å². The highest BCUT2D eigenvalue weighted by Gasteiger charge is 2.33. The Morgan fingerprint density at radius 2 is 1.85 bits per heavy atom. The average Bonchev–Trinajstić information content (AvgIpc) is 3.03. The van der Waals surface area contributed by atoms with Crippen molar-refractivity contribution < 1.29 is 17.9 Å². The largest absolute Gasteiger partial charge is 0.493 e. The minimum atomic E-state index is -3.35. The van der Waals surface area contributed by atoms with Crippen LogP contribution in [0.15, 0.2) is 48.8 Å². The molecule has 0 saturated carbocycles. The van der Waals surface area contributed by atoms with E-state index in [1.807, 2.05) is 30.0 Å². The number of rotatable bonds is 5. The molecule has 2 aliphatic rings. The number of pyridine rings is 2. The van der Waals surface area contributed by atoms with E-state index in [2.05, 4.69) is 9.97 Å². The minimum absolute atomic E-state index is 0.0717. The van der Waals surface area contributed by atoms with Gasteiger partial charge in [-0.1, -0.05) is 6.07 Å². The molecule has 0 radical (unpaired) electrons. The third-order valence-corrected chi connectivity index (χ3v) is 7.94. The van der Waals surface area contributed by atoms with Gasteiger partial charge in [-0.3, -0.25) is 9.10 Å². The maximum atomic E-state index is 13.3. The van der Waals surface area contributed by atoms with Gasteiger partial charge >= 0.3 is 0 Å². The van der Waals surface area contributed by atoms with Crippen LogP contribution < -0.4 is 18.8 Å². The summed E-state index contributed by atoms with van der Waals surface area (Å²) in [5.41, 5.74) is 3.41. The normalized spacial score (nSPS) is 16.1. The van der Waals surface area contributed by atoms with Crippen LogP contribution in [0.25, 0.3) is 0 Å². The van der Waals surface area contributed by atoms with Gasteiger partial charge in [-0.25, -0.2) is 18.4 Å². The van der Waals surface area contributed by atoms with Gasteiger partial charge in [0.2, 0.25) is 10.0 Å². The molecular formula is C24H25N5O4S. The van der Waals surface area contributed by atoms with Crippen LogP contribution in [0.3, 0.4) is 0 Å². The zero-order chi connectivity index (χ0) is 24.0. The molecule has 0 saturated heterocycles. The van der Waals surface area contributed by atoms with Crippen molar-refractivity contribution in [2.45, 2.75) is 19.1 Å². The van der Waals surface area contributed by atoms with Crippen LogP contribution in [-0.2, 0) is 22.2 Å². The van der Waals surface area contributed by atoms with Crippen LogP contribution in [0.4, 0.5) is 23.0 Å². The Labute approximate surface area is 198 Å². The van der Waals surface area contributed by atoms with Gasteiger partial charge in [0.05, 0.1) is 23.5 Å². The Kier molecular flexibility index (Phi) is 5.40. The third kappa shape index (κ3) is 3.54. The first-order chi connectivity index (χ1) is 16.3. The molecule has 0 bridgehead atoms. The number of sulfonamides is 1. The lowest BCUT2D eigenvalue weighted by Gasteiger charge is -2.22. The standard InChI is InChI=1S/C24H25N5O4S/c1-4-29-22-17(24(30)27(2)20-8-6-11-25-23(20)29)13-16(14-26-22)10-12-33-21-9-5-7-19-18(21)15-34(31,32)28(19)3/h5-9,11,13-14H,4,10,12,15H2,1-3H3. The summed E-state index contributed by atoms with van der Waals surface area (Å²) in [6.07, 6.45) is 3.97. The van der Waals surface area contributed by atoms with E-state index in [9.17, 15) is 13.2 Å². The van der Waals surface area contributed by atoms with Gasteiger partial charge in [-0.15, -0.1) is 0 Å². The smallest absolute Gasteiger partial charge is 0.261 e. The summed E-state index contributed by atoms with van der Waals surface area (Å²) >= 11 is 0. The topological polar surface area (TPSA) is 95.9 Å². The molecule has 5 rings (SSSR count). The van der Waals surface area contributed by atoms with Gasteiger partial charge in [0.25, 0.3) is 5.91 Å². The molecule has 34 heavy (non-hydrogen) atoms. The second-order valence-electron chi connectivity index (χ2n) is 8.25. The summed E-state index contributed by atoms with van der Waals surface area (Å²) < 4.78 is 31.7. The van der Waals surface area contributed by atoms with Crippen molar-refractivity contribution in [2.24, 2.45) is 0 Å². The molecule has 0 N–H and O–H groups in total. The van der Waals surface area contributed by atoms with Crippen molar-refractivity contribution in [3.63, 3.8) is 0 Å². The number of hydrogen-bond acceptors (Lipinski definition) is 7. The van der Waals surface area contributed by atoms with E-state index in [1.165, 1.54) is 4.31 Å². The summed E-state index contributed by atoms with van der Waals surface area (Å²) in [4.78, 5) is 25.9. The molecule has 176 valence electrons. The molecule has 0 unspecified atom stereocenters. The zero-order valence-electron chi connectivity index (χ0n) is 19.2. The van der Waals surface area contributed by atoms with Crippen LogP contribution in [0.1, 0.15) is 28.4 Å². The molecule has 10 heteroatoms. The molecule has 0 spiro atoms. The Hall–Kier alpha value is -3.66. The predicted octanol–water partition coefficient (Wildman–Crippen LogP) is 3.13. The van der Waals surface area contributed by atoms with E-state index in [1.54, 1.807) is 49.6 Å². The maximum absolute atomic E-state index is 13.3. The molecule has 1 aromatic carbocycles. The summed E-state index contributed by atoms with van der Waals surface area (Å²) in [6, 6.07) is 10.9. The lowest BCUT2D eigenvalue weighted by atomic mass is 10.1. The van der Waals surface area contributed by atoms with E-state index in [4.69, 9.17) is 4.74 Å². The summed E-state index contributed by atoms with van der Waals surface area (Å²) in [5, 5.41) is 0. The van der Waals surface area contributed by atoms with Crippen LogP contribution in [0, 0.1) is 0 Å². The highest BCUT2D eigenvalue weighted by molar-refractivity contribution is 7.92. The number of anilines is 4. The molecule has 0 atom stereocenters. The number of aromatic nitrogens is 2. The fourth-order valence-corrected chi connectivity index (χ4v) is 5.71. The number of carbonyl (C=O) groups is 1. The van der Waals surface area contributed by atoms with Gasteiger partial charge in [0.1, 0.15) is 17.3 Å². The third-order valence-electron chi connectivity index (χ3n) is 6.25. The lowest BCUT2D eigenvalue weighted by Crippen LogP contribution is -2.25. The average molecular weight is 480 g/mol. The quantitative estimate of drug-likeness (QED) is 0.555. The molecular weight excluding hydrogens is 454 g/mol. The predicted molar refractivity (Wildman–Crippen MR) is 131 cm³/mol. The number of fused-ring (bicyclic) bond motifs is 3. The molecule has 4 heterocycles. The highest BCUT2D eigenvalue weighted by atomic mass is 32.2. The first-order valence-corrected chi connectivity index (χ1v) is 12.6. The summed E-state index contributed by atoms with van der Waals surface area (Å²) in [5.74, 6) is 1.61. The summed E-state index contributed by atoms with van der Waals surface area (Å²) in [6.45, 7) is 2.94. The zero-order valence-corrected chi connectivity index (χ0v) is 20.0. The Balaban J connectivity index is 1.38. The van der Waals surface area contributed by atoms with Crippen molar-refractivity contribution in [1.82, 2.24) is 9.97 Å². The molecule has 0 aliphatic carbocycles. The fourth-order valence-electron chi connectivity index (χ4n) is 4.40. The van der Waals surface area contributed by atoms with Crippen molar-refractivity contribution in [3.05, 3.63) is 65.5 Å². The number of carbonyl (C=O) groups excluding carboxylic acids is 1.